The first-order valence-electron chi connectivity index (χ1n) is 7.13. The monoisotopic (exact) mass is 273 g/mol. The maximum Gasteiger partial charge on any atom is 0.234 e. The van der Waals surface area contributed by atoms with Crippen LogP contribution in [-0.2, 0) is 9.53 Å². The zero-order chi connectivity index (χ0) is 14.7. The fourth-order valence-corrected chi connectivity index (χ4v) is 1.90. The molecule has 0 saturated carbocycles. The molecule has 0 aliphatic rings. The third-order valence-electron chi connectivity index (χ3n) is 2.96. The number of nitrogens with one attached hydrogen (secondary N) is 1. The first kappa shape index (κ1) is 18.4. The van der Waals surface area contributed by atoms with Crippen LogP contribution in [0.1, 0.15) is 33.6 Å². The Morgan fingerprint density at radius 2 is 2.11 bits per heavy atom. The molecule has 114 valence electrons. The molecule has 0 unspecified atom stereocenters. The van der Waals surface area contributed by atoms with Gasteiger partial charge in [-0.05, 0) is 31.3 Å². The average molecular weight is 273 g/mol. The minimum absolute atomic E-state index is 0.0471. The summed E-state index contributed by atoms with van der Waals surface area (Å²) in [6, 6.07) is 0. The van der Waals surface area contributed by atoms with Crippen LogP contribution in [0.5, 0.6) is 0 Å². The first-order valence-corrected chi connectivity index (χ1v) is 7.13. The van der Waals surface area contributed by atoms with Crippen LogP contribution in [0.25, 0.3) is 0 Å². The molecule has 1 amide bonds. The number of carbonyl (C=O) groups excluding carboxylic acids is 1. The van der Waals surface area contributed by atoms with Crippen LogP contribution in [0.15, 0.2) is 0 Å². The van der Waals surface area contributed by atoms with E-state index in [-0.39, 0.29) is 11.3 Å². The molecular formula is C14H31N3O2. The molecule has 5 heteroatoms. The zero-order valence-electron chi connectivity index (χ0n) is 13.0. The van der Waals surface area contributed by atoms with Crippen LogP contribution in [0.3, 0.4) is 0 Å². The van der Waals surface area contributed by atoms with Crippen molar-refractivity contribution in [3.63, 3.8) is 0 Å². The summed E-state index contributed by atoms with van der Waals surface area (Å²) in [6.45, 7) is 10.6. The molecule has 0 fully saturated rings. The first-order chi connectivity index (χ1) is 8.95. The smallest absolute Gasteiger partial charge is 0.234 e. The van der Waals surface area contributed by atoms with Crippen molar-refractivity contribution >= 4 is 5.91 Å². The second-order valence-electron chi connectivity index (χ2n) is 5.78. The highest BCUT2D eigenvalue weighted by molar-refractivity contribution is 5.77. The van der Waals surface area contributed by atoms with Crippen LogP contribution in [0.4, 0.5) is 0 Å². The third-order valence-corrected chi connectivity index (χ3v) is 2.96. The van der Waals surface area contributed by atoms with E-state index in [0.717, 1.165) is 25.9 Å². The molecule has 5 nitrogen and oxygen atoms in total. The third kappa shape index (κ3) is 9.87. The predicted molar refractivity (Wildman–Crippen MR) is 79.1 cm³/mol. The second-order valence-corrected chi connectivity index (χ2v) is 5.78. The van der Waals surface area contributed by atoms with Crippen molar-refractivity contribution in [2.75, 3.05) is 46.4 Å². The number of amides is 1. The van der Waals surface area contributed by atoms with Gasteiger partial charge < -0.3 is 15.8 Å². The summed E-state index contributed by atoms with van der Waals surface area (Å²) < 4.78 is 4.95. The Morgan fingerprint density at radius 3 is 2.63 bits per heavy atom. The Labute approximate surface area is 117 Å². The average Bonchev–Trinajstić information content (AvgIpc) is 2.34. The molecular weight excluding hydrogens is 242 g/mol. The fourth-order valence-electron chi connectivity index (χ4n) is 1.90. The van der Waals surface area contributed by atoms with Crippen molar-refractivity contribution in [1.82, 2.24) is 10.2 Å². The lowest BCUT2D eigenvalue weighted by atomic mass is 9.93. The van der Waals surface area contributed by atoms with Gasteiger partial charge >= 0.3 is 0 Å². The summed E-state index contributed by atoms with van der Waals surface area (Å²) in [6.07, 6.45) is 1.89. The van der Waals surface area contributed by atoms with Gasteiger partial charge in [-0.15, -0.1) is 0 Å². The van der Waals surface area contributed by atoms with Crippen molar-refractivity contribution in [2.24, 2.45) is 11.1 Å². The van der Waals surface area contributed by atoms with Gasteiger partial charge in [0.1, 0.15) is 0 Å². The molecule has 0 heterocycles. The molecule has 19 heavy (non-hydrogen) atoms. The van der Waals surface area contributed by atoms with E-state index in [0.29, 0.717) is 26.2 Å². The second kappa shape index (κ2) is 10.2. The Bertz CT molecular complexity index is 245. The standard InChI is InChI=1S/C14H31N3O2/c1-5-8-17(12-14(2,3)11-15)10-13(18)16-7-6-9-19-4/h5-12,15H2,1-4H3,(H,16,18). The van der Waals surface area contributed by atoms with Gasteiger partial charge in [-0.2, -0.15) is 0 Å². The molecule has 0 rings (SSSR count). The lowest BCUT2D eigenvalue weighted by Gasteiger charge is -2.31. The summed E-state index contributed by atoms with van der Waals surface area (Å²) in [7, 11) is 1.67. The predicted octanol–water partition coefficient (Wildman–Crippen LogP) is 0.836. The molecule has 3 N–H and O–H groups in total. The summed E-state index contributed by atoms with van der Waals surface area (Å²) in [4.78, 5) is 14.0. The van der Waals surface area contributed by atoms with Gasteiger partial charge in [0.2, 0.25) is 5.91 Å². The van der Waals surface area contributed by atoms with Crippen molar-refractivity contribution in [1.29, 1.82) is 0 Å². The Morgan fingerprint density at radius 1 is 1.42 bits per heavy atom. The quantitative estimate of drug-likeness (QED) is 0.547. The SMILES string of the molecule is CCCN(CC(=O)NCCCOC)CC(C)(C)CN. The Balaban J connectivity index is 4.07. The minimum atomic E-state index is 0.0471. The number of hydrogen-bond donors (Lipinski definition) is 2. The van der Waals surface area contributed by atoms with Crippen molar-refractivity contribution in [3.05, 3.63) is 0 Å². The molecule has 0 aromatic carbocycles. The maximum atomic E-state index is 11.8. The van der Waals surface area contributed by atoms with Crippen LogP contribution in [0.2, 0.25) is 0 Å². The van der Waals surface area contributed by atoms with Crippen molar-refractivity contribution in [3.8, 4) is 0 Å². The van der Waals surface area contributed by atoms with E-state index in [1.54, 1.807) is 7.11 Å². The molecule has 0 aliphatic heterocycles. The number of nitrogens with two attached hydrogens (primary N) is 1. The highest BCUT2D eigenvalue weighted by Gasteiger charge is 2.21. The summed E-state index contributed by atoms with van der Waals surface area (Å²) >= 11 is 0. The van der Waals surface area contributed by atoms with E-state index < -0.39 is 0 Å². The van der Waals surface area contributed by atoms with E-state index in [1.165, 1.54) is 0 Å². The lowest BCUT2D eigenvalue weighted by molar-refractivity contribution is -0.122. The van der Waals surface area contributed by atoms with Gasteiger partial charge in [-0.25, -0.2) is 0 Å². The van der Waals surface area contributed by atoms with Crippen LogP contribution >= 0.6 is 0 Å². The number of rotatable bonds is 11. The number of ether oxygens (including phenoxy) is 1. The van der Waals surface area contributed by atoms with Crippen molar-refractivity contribution in [2.45, 2.75) is 33.6 Å². The van der Waals surface area contributed by atoms with Crippen molar-refractivity contribution < 1.29 is 9.53 Å². The van der Waals surface area contributed by atoms with Gasteiger partial charge in [0.15, 0.2) is 0 Å². The highest BCUT2D eigenvalue weighted by atomic mass is 16.5. The molecule has 0 bridgehead atoms. The van der Waals surface area contributed by atoms with E-state index in [1.807, 2.05) is 0 Å². The van der Waals surface area contributed by atoms with Crippen LogP contribution in [0, 0.1) is 5.41 Å². The lowest BCUT2D eigenvalue weighted by Crippen LogP contribution is -2.44. The summed E-state index contributed by atoms with van der Waals surface area (Å²) in [5, 5.41) is 2.92. The fraction of sp³-hybridized carbons (Fsp3) is 0.929. The minimum Gasteiger partial charge on any atom is -0.385 e. The Kier molecular flexibility index (Phi) is 9.83. The van der Waals surface area contributed by atoms with Gasteiger partial charge in [-0.3, -0.25) is 9.69 Å². The van der Waals surface area contributed by atoms with Crippen LogP contribution in [-0.4, -0.2) is 57.2 Å². The topological polar surface area (TPSA) is 67.6 Å². The van der Waals surface area contributed by atoms with E-state index in [4.69, 9.17) is 10.5 Å². The molecule has 0 atom stereocenters. The van der Waals surface area contributed by atoms with E-state index >= 15 is 0 Å². The molecule has 0 aromatic heterocycles. The van der Waals surface area contributed by atoms with Gasteiger partial charge in [0.05, 0.1) is 6.54 Å². The highest BCUT2D eigenvalue weighted by Crippen LogP contribution is 2.14. The van der Waals surface area contributed by atoms with Crippen LogP contribution < -0.4 is 11.1 Å². The van der Waals surface area contributed by atoms with E-state index in [2.05, 4.69) is 31.0 Å². The van der Waals surface area contributed by atoms with Gasteiger partial charge in [0, 0.05) is 26.8 Å². The molecule has 0 radical (unpaired) electrons. The van der Waals surface area contributed by atoms with Gasteiger partial charge in [0.25, 0.3) is 0 Å². The summed E-state index contributed by atoms with van der Waals surface area (Å²) in [5.41, 5.74) is 5.80. The largest absolute Gasteiger partial charge is 0.385 e. The normalized spacial score (nSPS) is 11.9. The number of methoxy groups -OCH3 is 1. The number of carbonyl (C=O) groups is 1. The maximum absolute atomic E-state index is 11.8. The molecule has 0 aromatic rings. The number of nitrogens with zero attached hydrogens (tertiary/aromatic N) is 1. The molecule has 0 saturated heterocycles. The van der Waals surface area contributed by atoms with Gasteiger partial charge in [-0.1, -0.05) is 20.8 Å². The molecule has 0 aliphatic carbocycles. The van der Waals surface area contributed by atoms with E-state index in [9.17, 15) is 4.79 Å². The number of hydrogen-bond acceptors (Lipinski definition) is 4. The molecule has 0 spiro atoms. The Hall–Kier alpha value is -0.650. The zero-order valence-corrected chi connectivity index (χ0v) is 13.0. The summed E-state index contributed by atoms with van der Waals surface area (Å²) in [5.74, 6) is 0.0809.